The highest BCUT2D eigenvalue weighted by molar-refractivity contribution is 7.89. The van der Waals surface area contributed by atoms with Crippen molar-refractivity contribution in [2.45, 2.75) is 32.2 Å². The van der Waals surface area contributed by atoms with Gasteiger partial charge in [-0.3, -0.25) is 5.10 Å². The van der Waals surface area contributed by atoms with E-state index < -0.39 is 16.0 Å². The number of rotatable bonds is 7. The Balaban J connectivity index is 2.90. The van der Waals surface area contributed by atoms with E-state index in [4.69, 9.17) is 4.74 Å². The molecule has 0 amide bonds. The number of nitrogens with one attached hydrogen (secondary N) is 2. The largest absolute Gasteiger partial charge is 0.462 e. The summed E-state index contributed by atoms with van der Waals surface area (Å²) in [6.45, 7) is 6.03. The van der Waals surface area contributed by atoms with Crippen molar-refractivity contribution in [2.24, 2.45) is 5.92 Å². The Labute approximate surface area is 112 Å². The molecule has 19 heavy (non-hydrogen) atoms. The van der Waals surface area contributed by atoms with Gasteiger partial charge in [-0.1, -0.05) is 20.3 Å². The van der Waals surface area contributed by atoms with Crippen molar-refractivity contribution in [3.05, 3.63) is 11.8 Å². The molecule has 0 saturated carbocycles. The predicted molar refractivity (Wildman–Crippen MR) is 69.2 cm³/mol. The topological polar surface area (TPSA) is 101 Å². The maximum atomic E-state index is 12.1. The number of esters is 1. The maximum absolute atomic E-state index is 12.1. The zero-order valence-corrected chi connectivity index (χ0v) is 12.1. The number of aromatic nitrogens is 2. The molecule has 7 nitrogen and oxygen atoms in total. The first-order valence-electron chi connectivity index (χ1n) is 6.12. The van der Waals surface area contributed by atoms with Crippen LogP contribution in [0, 0.1) is 5.92 Å². The first-order valence-corrected chi connectivity index (χ1v) is 7.60. The molecule has 0 aliphatic carbocycles. The Kier molecular flexibility index (Phi) is 5.49. The summed E-state index contributed by atoms with van der Waals surface area (Å²) in [5.74, 6) is -0.496. The number of hydrogen-bond acceptors (Lipinski definition) is 5. The first kappa shape index (κ1) is 15.6. The van der Waals surface area contributed by atoms with Gasteiger partial charge in [0.25, 0.3) is 10.0 Å². The van der Waals surface area contributed by atoms with Crippen molar-refractivity contribution in [3.8, 4) is 0 Å². The molecular weight excluding hydrogens is 270 g/mol. The minimum absolute atomic E-state index is 0.0847. The average Bonchev–Trinajstić information content (AvgIpc) is 2.86. The highest BCUT2D eigenvalue weighted by Gasteiger charge is 2.25. The molecule has 0 spiro atoms. The smallest absolute Gasteiger partial charge is 0.342 e. The third-order valence-corrected chi connectivity index (χ3v) is 4.08. The van der Waals surface area contributed by atoms with Gasteiger partial charge in [-0.25, -0.2) is 17.9 Å². The molecule has 2 N–H and O–H groups in total. The van der Waals surface area contributed by atoms with Gasteiger partial charge in [-0.05, 0) is 12.8 Å². The van der Waals surface area contributed by atoms with Crippen LogP contribution in [0.15, 0.2) is 11.2 Å². The van der Waals surface area contributed by atoms with Crippen LogP contribution in [0.2, 0.25) is 0 Å². The Hall–Kier alpha value is -1.41. The van der Waals surface area contributed by atoms with E-state index in [0.717, 1.165) is 12.6 Å². The van der Waals surface area contributed by atoms with E-state index in [0.29, 0.717) is 6.54 Å². The molecule has 8 heteroatoms. The number of sulfonamides is 1. The molecule has 0 saturated heterocycles. The number of carbonyl (C=O) groups excluding carboxylic acids is 1. The SMILES string of the molecule is CCOC(=O)c1cn[nH]c1S(=O)(=O)NCC(C)CC. The summed E-state index contributed by atoms with van der Waals surface area (Å²) in [5, 5.41) is 5.66. The van der Waals surface area contributed by atoms with Crippen molar-refractivity contribution in [1.29, 1.82) is 0 Å². The second kappa shape index (κ2) is 6.67. The molecule has 1 atom stereocenters. The Morgan fingerprint density at radius 3 is 2.79 bits per heavy atom. The molecule has 1 unspecified atom stereocenters. The van der Waals surface area contributed by atoms with Crippen LogP contribution in [0.1, 0.15) is 37.6 Å². The summed E-state index contributed by atoms with van der Waals surface area (Å²) >= 11 is 0. The standard InChI is InChI=1S/C11H19N3O4S/c1-4-8(3)6-13-19(16,17)10-9(7-12-14-10)11(15)18-5-2/h7-8,13H,4-6H2,1-3H3,(H,12,14). The van der Waals surface area contributed by atoms with Gasteiger partial charge in [0.15, 0.2) is 5.03 Å². The quantitative estimate of drug-likeness (QED) is 0.727. The van der Waals surface area contributed by atoms with Gasteiger partial charge in [0, 0.05) is 6.54 Å². The lowest BCUT2D eigenvalue weighted by Crippen LogP contribution is -2.29. The molecular formula is C11H19N3O4S. The van der Waals surface area contributed by atoms with Crippen LogP contribution in [0.4, 0.5) is 0 Å². The van der Waals surface area contributed by atoms with Crippen LogP contribution >= 0.6 is 0 Å². The molecule has 0 bridgehead atoms. The zero-order chi connectivity index (χ0) is 14.5. The summed E-state index contributed by atoms with van der Waals surface area (Å²) in [6, 6.07) is 0. The van der Waals surface area contributed by atoms with Crippen LogP contribution in [0.25, 0.3) is 0 Å². The maximum Gasteiger partial charge on any atom is 0.342 e. The van der Waals surface area contributed by atoms with Crippen LogP contribution in [0.3, 0.4) is 0 Å². The zero-order valence-electron chi connectivity index (χ0n) is 11.3. The normalized spacial score (nSPS) is 13.2. The summed E-state index contributed by atoms with van der Waals surface area (Å²) < 4.78 is 31.3. The van der Waals surface area contributed by atoms with E-state index in [2.05, 4.69) is 14.9 Å². The third-order valence-electron chi connectivity index (χ3n) is 2.69. The number of carbonyl (C=O) groups is 1. The third kappa shape index (κ3) is 4.03. The minimum atomic E-state index is -3.78. The first-order chi connectivity index (χ1) is 8.92. The number of aromatic amines is 1. The van der Waals surface area contributed by atoms with Crippen molar-refractivity contribution in [3.63, 3.8) is 0 Å². The molecule has 0 aliphatic rings. The molecule has 0 aromatic carbocycles. The molecule has 108 valence electrons. The molecule has 1 rings (SSSR count). The van der Waals surface area contributed by atoms with E-state index >= 15 is 0 Å². The van der Waals surface area contributed by atoms with Crippen LogP contribution in [0.5, 0.6) is 0 Å². The Morgan fingerprint density at radius 1 is 1.53 bits per heavy atom. The molecule has 1 aromatic rings. The van der Waals surface area contributed by atoms with E-state index in [1.54, 1.807) is 6.92 Å². The number of nitrogens with zero attached hydrogens (tertiary/aromatic N) is 1. The highest BCUT2D eigenvalue weighted by Crippen LogP contribution is 2.13. The molecule has 0 fully saturated rings. The summed E-state index contributed by atoms with van der Waals surface area (Å²) in [7, 11) is -3.78. The number of ether oxygens (including phenoxy) is 1. The van der Waals surface area contributed by atoms with E-state index in [1.165, 1.54) is 0 Å². The second-order valence-electron chi connectivity index (χ2n) is 4.20. The lowest BCUT2D eigenvalue weighted by atomic mass is 10.1. The Bertz CT molecular complexity index is 524. The van der Waals surface area contributed by atoms with Crippen molar-refractivity contribution < 1.29 is 17.9 Å². The fourth-order valence-corrected chi connectivity index (χ4v) is 2.55. The fraction of sp³-hybridized carbons (Fsp3) is 0.636. The van der Waals surface area contributed by atoms with E-state index in [9.17, 15) is 13.2 Å². The van der Waals surface area contributed by atoms with Gasteiger partial charge in [0.2, 0.25) is 0 Å². The van der Waals surface area contributed by atoms with Gasteiger partial charge in [0.1, 0.15) is 5.56 Å². The average molecular weight is 289 g/mol. The van der Waals surface area contributed by atoms with Gasteiger partial charge >= 0.3 is 5.97 Å². The summed E-state index contributed by atoms with van der Waals surface area (Å²) in [6.07, 6.45) is 2.01. The van der Waals surface area contributed by atoms with Crippen molar-refractivity contribution >= 4 is 16.0 Å². The fourth-order valence-electron chi connectivity index (χ4n) is 1.30. The van der Waals surface area contributed by atoms with Crippen LogP contribution < -0.4 is 4.72 Å². The number of H-pyrrole nitrogens is 1. The van der Waals surface area contributed by atoms with E-state index in [-0.39, 0.29) is 23.1 Å². The summed E-state index contributed by atoms with van der Waals surface area (Å²) in [4.78, 5) is 11.6. The lowest BCUT2D eigenvalue weighted by molar-refractivity contribution is 0.0522. The highest BCUT2D eigenvalue weighted by atomic mass is 32.2. The predicted octanol–water partition coefficient (Wildman–Crippen LogP) is 0.911. The molecule has 0 aliphatic heterocycles. The second-order valence-corrected chi connectivity index (χ2v) is 5.90. The molecule has 1 aromatic heterocycles. The number of hydrogen-bond donors (Lipinski definition) is 2. The van der Waals surface area contributed by atoms with Crippen molar-refractivity contribution in [1.82, 2.24) is 14.9 Å². The van der Waals surface area contributed by atoms with E-state index in [1.807, 2.05) is 13.8 Å². The molecule has 0 radical (unpaired) electrons. The Morgan fingerprint density at radius 2 is 2.21 bits per heavy atom. The lowest BCUT2D eigenvalue weighted by Gasteiger charge is -2.10. The monoisotopic (exact) mass is 289 g/mol. The van der Waals surface area contributed by atoms with Crippen molar-refractivity contribution in [2.75, 3.05) is 13.2 Å². The van der Waals surface area contributed by atoms with Crippen LogP contribution in [-0.4, -0.2) is 37.7 Å². The summed E-state index contributed by atoms with van der Waals surface area (Å²) in [5.41, 5.74) is -0.0847. The van der Waals surface area contributed by atoms with Gasteiger partial charge in [0.05, 0.1) is 12.8 Å². The van der Waals surface area contributed by atoms with Gasteiger partial charge in [-0.15, -0.1) is 0 Å². The van der Waals surface area contributed by atoms with Gasteiger partial charge < -0.3 is 4.74 Å². The van der Waals surface area contributed by atoms with Gasteiger partial charge in [-0.2, -0.15) is 5.10 Å². The molecule has 1 heterocycles. The minimum Gasteiger partial charge on any atom is -0.462 e. The van der Waals surface area contributed by atoms with Crippen LogP contribution in [-0.2, 0) is 14.8 Å².